The van der Waals surface area contributed by atoms with Crippen molar-refractivity contribution < 1.29 is 13.2 Å². The molecule has 2 aromatic rings. The Balaban J connectivity index is 1.60. The highest BCUT2D eigenvalue weighted by atomic mass is 79.9. The molecule has 0 aliphatic carbocycles. The van der Waals surface area contributed by atoms with Gasteiger partial charge < -0.3 is 4.90 Å². The Morgan fingerprint density at radius 1 is 1.04 bits per heavy atom. The van der Waals surface area contributed by atoms with Crippen molar-refractivity contribution in [2.45, 2.75) is 12.7 Å². The fraction of sp³-hybridized carbons (Fsp3) is 0.400. The minimum Gasteiger partial charge on any atom is -0.338 e. The summed E-state index contributed by atoms with van der Waals surface area (Å²) in [6.45, 7) is 3.31. The fourth-order valence-corrected chi connectivity index (χ4v) is 2.73. The number of pyridine rings is 1. The molecule has 0 atom stereocenters. The van der Waals surface area contributed by atoms with Gasteiger partial charge in [-0.3, -0.25) is 9.88 Å². The van der Waals surface area contributed by atoms with Gasteiger partial charge in [-0.2, -0.15) is 13.2 Å². The van der Waals surface area contributed by atoms with E-state index in [-0.39, 0.29) is 5.95 Å². The lowest BCUT2D eigenvalue weighted by Gasteiger charge is -2.34. The van der Waals surface area contributed by atoms with Crippen LogP contribution in [0.15, 0.2) is 35.1 Å². The van der Waals surface area contributed by atoms with Gasteiger partial charge in [0, 0.05) is 49.6 Å². The molecule has 0 amide bonds. The molecule has 1 fully saturated rings. The highest BCUT2D eigenvalue weighted by Gasteiger charge is 2.33. The second-order valence-electron chi connectivity index (χ2n) is 5.47. The lowest BCUT2D eigenvalue weighted by Crippen LogP contribution is -2.46. The van der Waals surface area contributed by atoms with Gasteiger partial charge in [-0.25, -0.2) is 9.97 Å². The Hall–Kier alpha value is -1.74. The van der Waals surface area contributed by atoms with Crippen LogP contribution in [0, 0.1) is 0 Å². The quantitative estimate of drug-likeness (QED) is 0.790. The number of alkyl halides is 3. The van der Waals surface area contributed by atoms with Crippen LogP contribution < -0.4 is 4.90 Å². The molecule has 1 saturated heterocycles. The molecule has 0 aromatic carbocycles. The summed E-state index contributed by atoms with van der Waals surface area (Å²) in [6, 6.07) is 4.78. The molecule has 3 rings (SSSR count). The molecule has 0 N–H and O–H groups in total. The predicted molar refractivity (Wildman–Crippen MR) is 86.5 cm³/mol. The van der Waals surface area contributed by atoms with Crippen LogP contribution in [-0.4, -0.2) is 46.0 Å². The summed E-state index contributed by atoms with van der Waals surface area (Å²) in [5.74, 6) is 0.131. The van der Waals surface area contributed by atoms with Gasteiger partial charge in [-0.05, 0) is 34.1 Å². The van der Waals surface area contributed by atoms with Gasteiger partial charge >= 0.3 is 6.18 Å². The van der Waals surface area contributed by atoms with Crippen molar-refractivity contribution in [2.75, 3.05) is 31.1 Å². The molecule has 0 radical (unpaired) electrons. The number of piperazine rings is 1. The van der Waals surface area contributed by atoms with Crippen LogP contribution in [0.4, 0.5) is 19.1 Å². The summed E-state index contributed by atoms with van der Waals surface area (Å²) in [7, 11) is 0. The van der Waals surface area contributed by atoms with Crippen molar-refractivity contribution in [3.05, 3.63) is 46.5 Å². The van der Waals surface area contributed by atoms with Gasteiger partial charge in [0.05, 0.1) is 5.69 Å². The maximum Gasteiger partial charge on any atom is 0.433 e. The third kappa shape index (κ3) is 4.21. The molecule has 0 bridgehead atoms. The molecule has 128 valence electrons. The van der Waals surface area contributed by atoms with E-state index in [1.165, 1.54) is 0 Å². The Morgan fingerprint density at radius 2 is 1.79 bits per heavy atom. The molecule has 9 heteroatoms. The first kappa shape index (κ1) is 17.1. The number of rotatable bonds is 3. The summed E-state index contributed by atoms with van der Waals surface area (Å²) in [5, 5.41) is 0. The van der Waals surface area contributed by atoms with E-state index in [1.807, 2.05) is 12.1 Å². The van der Waals surface area contributed by atoms with Crippen molar-refractivity contribution in [1.82, 2.24) is 19.9 Å². The Bertz CT molecular complexity index is 684. The molecule has 1 aliphatic rings. The molecule has 3 heterocycles. The van der Waals surface area contributed by atoms with E-state index in [4.69, 9.17) is 0 Å². The monoisotopic (exact) mass is 401 g/mol. The topological polar surface area (TPSA) is 45.2 Å². The fourth-order valence-electron chi connectivity index (χ4n) is 2.49. The largest absolute Gasteiger partial charge is 0.433 e. The van der Waals surface area contributed by atoms with Crippen molar-refractivity contribution >= 4 is 21.9 Å². The summed E-state index contributed by atoms with van der Waals surface area (Å²) in [4.78, 5) is 15.9. The van der Waals surface area contributed by atoms with Gasteiger partial charge in [0.1, 0.15) is 5.69 Å². The van der Waals surface area contributed by atoms with E-state index in [0.29, 0.717) is 19.6 Å². The van der Waals surface area contributed by atoms with Crippen LogP contribution in [0.5, 0.6) is 0 Å². The van der Waals surface area contributed by atoms with E-state index in [0.717, 1.165) is 35.5 Å². The van der Waals surface area contributed by atoms with E-state index in [9.17, 15) is 13.2 Å². The molecular formula is C15H15BrF3N5. The second kappa shape index (κ2) is 7.02. The first-order valence-electron chi connectivity index (χ1n) is 7.40. The van der Waals surface area contributed by atoms with Gasteiger partial charge in [0.2, 0.25) is 5.95 Å². The van der Waals surface area contributed by atoms with Gasteiger partial charge in [0.25, 0.3) is 0 Å². The molecule has 5 nitrogen and oxygen atoms in total. The maximum absolute atomic E-state index is 12.7. The van der Waals surface area contributed by atoms with E-state index >= 15 is 0 Å². The Morgan fingerprint density at radius 3 is 2.42 bits per heavy atom. The average molecular weight is 402 g/mol. The number of hydrogen-bond donors (Lipinski definition) is 0. The van der Waals surface area contributed by atoms with Crippen LogP contribution in [0.1, 0.15) is 11.4 Å². The molecule has 0 unspecified atom stereocenters. The number of aromatic nitrogens is 3. The average Bonchev–Trinajstić information content (AvgIpc) is 2.57. The first-order chi connectivity index (χ1) is 11.4. The SMILES string of the molecule is FC(F)(F)c1ccnc(N2CCN(Cc3ccc(Br)cn3)CC2)n1. The molecule has 0 saturated carbocycles. The van der Waals surface area contributed by atoms with Gasteiger partial charge in [-0.1, -0.05) is 0 Å². The van der Waals surface area contributed by atoms with Gasteiger partial charge in [-0.15, -0.1) is 0 Å². The van der Waals surface area contributed by atoms with Crippen LogP contribution in [0.2, 0.25) is 0 Å². The Kier molecular flexibility index (Phi) is 5.00. The zero-order valence-corrected chi connectivity index (χ0v) is 14.3. The van der Waals surface area contributed by atoms with E-state index in [1.54, 1.807) is 11.1 Å². The van der Waals surface area contributed by atoms with Crippen LogP contribution in [0.3, 0.4) is 0 Å². The van der Waals surface area contributed by atoms with Crippen LogP contribution in [0.25, 0.3) is 0 Å². The lowest BCUT2D eigenvalue weighted by molar-refractivity contribution is -0.141. The molecule has 2 aromatic heterocycles. The zero-order chi connectivity index (χ0) is 17.2. The van der Waals surface area contributed by atoms with Crippen molar-refractivity contribution in [2.24, 2.45) is 0 Å². The summed E-state index contributed by atoms with van der Waals surface area (Å²) in [5.41, 5.74) is 0.0518. The zero-order valence-electron chi connectivity index (χ0n) is 12.7. The van der Waals surface area contributed by atoms with Crippen LogP contribution >= 0.6 is 15.9 Å². The predicted octanol–water partition coefficient (Wildman–Crippen LogP) is 2.98. The molecule has 1 aliphatic heterocycles. The lowest BCUT2D eigenvalue weighted by atomic mass is 10.3. The van der Waals surface area contributed by atoms with Crippen LogP contribution in [-0.2, 0) is 12.7 Å². The third-order valence-corrected chi connectivity index (χ3v) is 4.23. The van der Waals surface area contributed by atoms with Crippen molar-refractivity contribution in [3.63, 3.8) is 0 Å². The summed E-state index contributed by atoms with van der Waals surface area (Å²) in [6.07, 6.45) is -1.54. The second-order valence-corrected chi connectivity index (χ2v) is 6.39. The number of hydrogen-bond acceptors (Lipinski definition) is 5. The molecule has 24 heavy (non-hydrogen) atoms. The molecule has 0 spiro atoms. The minimum absolute atomic E-state index is 0.131. The summed E-state index contributed by atoms with van der Waals surface area (Å²) >= 11 is 3.35. The van der Waals surface area contributed by atoms with Crippen molar-refractivity contribution in [3.8, 4) is 0 Å². The number of anilines is 1. The Labute approximate surface area is 145 Å². The maximum atomic E-state index is 12.7. The minimum atomic E-state index is -4.45. The molecular weight excluding hydrogens is 387 g/mol. The number of halogens is 4. The highest BCUT2D eigenvalue weighted by Crippen LogP contribution is 2.28. The number of nitrogens with zero attached hydrogens (tertiary/aromatic N) is 5. The normalized spacial score (nSPS) is 16.4. The highest BCUT2D eigenvalue weighted by molar-refractivity contribution is 9.10. The third-order valence-electron chi connectivity index (χ3n) is 3.76. The van der Waals surface area contributed by atoms with E-state index in [2.05, 4.69) is 35.8 Å². The van der Waals surface area contributed by atoms with E-state index < -0.39 is 11.9 Å². The van der Waals surface area contributed by atoms with Crippen molar-refractivity contribution in [1.29, 1.82) is 0 Å². The first-order valence-corrected chi connectivity index (χ1v) is 8.19. The van der Waals surface area contributed by atoms with Gasteiger partial charge in [0.15, 0.2) is 0 Å². The summed E-state index contributed by atoms with van der Waals surface area (Å²) < 4.78 is 39.1. The standard InChI is InChI=1S/C15H15BrF3N5/c16-11-1-2-12(21-9-11)10-23-5-7-24(8-6-23)14-20-4-3-13(22-14)15(17,18)19/h1-4,9H,5-8,10H2. The smallest absolute Gasteiger partial charge is 0.338 e.